The Morgan fingerprint density at radius 1 is 0.593 bits per heavy atom. The molecular formula is C24H22F2O. The Morgan fingerprint density at radius 2 is 1.07 bits per heavy atom. The lowest BCUT2D eigenvalue weighted by Gasteiger charge is -2.29. The van der Waals surface area contributed by atoms with E-state index in [-0.39, 0.29) is 0 Å². The van der Waals surface area contributed by atoms with Crippen molar-refractivity contribution in [1.82, 2.24) is 0 Å². The molecule has 0 saturated heterocycles. The van der Waals surface area contributed by atoms with E-state index in [1.54, 1.807) is 18.2 Å². The number of halogens is 2. The van der Waals surface area contributed by atoms with Gasteiger partial charge in [-0.3, -0.25) is 0 Å². The van der Waals surface area contributed by atoms with Crippen LogP contribution in [0.3, 0.4) is 0 Å². The van der Waals surface area contributed by atoms with Crippen LogP contribution in [0.1, 0.15) is 48.6 Å². The monoisotopic (exact) mass is 364 g/mol. The highest BCUT2D eigenvalue weighted by Gasteiger charge is 2.23. The Morgan fingerprint density at radius 3 is 1.59 bits per heavy atom. The standard InChI is InChI=1S/C24H22F2O/c25-23-14-11-21(15-24(23)26)20-7-5-17(6-8-20)16-1-3-18(4-2-16)19-9-12-22(27)13-10-19/h5-16,18,27H,1-4H2. The van der Waals surface area contributed by atoms with Gasteiger partial charge in [0.2, 0.25) is 0 Å². The first-order valence-corrected chi connectivity index (χ1v) is 9.44. The van der Waals surface area contributed by atoms with Gasteiger partial charge in [0.15, 0.2) is 11.6 Å². The van der Waals surface area contributed by atoms with E-state index in [2.05, 4.69) is 12.1 Å². The zero-order valence-electron chi connectivity index (χ0n) is 15.0. The fourth-order valence-corrected chi connectivity index (χ4v) is 4.13. The molecule has 0 spiro atoms. The zero-order valence-corrected chi connectivity index (χ0v) is 15.0. The predicted octanol–water partition coefficient (Wildman–Crippen LogP) is 6.78. The highest BCUT2D eigenvalue weighted by Crippen LogP contribution is 2.41. The second-order valence-electron chi connectivity index (χ2n) is 7.39. The highest BCUT2D eigenvalue weighted by molar-refractivity contribution is 5.63. The lowest BCUT2D eigenvalue weighted by Crippen LogP contribution is -2.12. The first-order chi connectivity index (χ1) is 13.1. The maximum absolute atomic E-state index is 13.4. The summed E-state index contributed by atoms with van der Waals surface area (Å²) in [5, 5.41) is 9.44. The van der Waals surface area contributed by atoms with Gasteiger partial charge in [-0.15, -0.1) is 0 Å². The fourth-order valence-electron chi connectivity index (χ4n) is 4.13. The smallest absolute Gasteiger partial charge is 0.159 e. The fraction of sp³-hybridized carbons (Fsp3) is 0.250. The van der Waals surface area contributed by atoms with E-state index < -0.39 is 11.6 Å². The van der Waals surface area contributed by atoms with E-state index in [4.69, 9.17) is 0 Å². The van der Waals surface area contributed by atoms with Crippen molar-refractivity contribution in [3.8, 4) is 16.9 Å². The molecule has 0 amide bonds. The third-order valence-corrected chi connectivity index (χ3v) is 5.73. The number of benzene rings is 3. The largest absolute Gasteiger partial charge is 0.508 e. The molecule has 0 heterocycles. The van der Waals surface area contributed by atoms with Crippen molar-refractivity contribution in [2.45, 2.75) is 37.5 Å². The minimum absolute atomic E-state index is 0.313. The lowest BCUT2D eigenvalue weighted by molar-refractivity contribution is 0.396. The Balaban J connectivity index is 1.42. The summed E-state index contributed by atoms with van der Waals surface area (Å²) in [7, 11) is 0. The van der Waals surface area contributed by atoms with Gasteiger partial charge in [0.1, 0.15) is 5.75 Å². The topological polar surface area (TPSA) is 20.2 Å². The van der Waals surface area contributed by atoms with Gasteiger partial charge in [0.25, 0.3) is 0 Å². The molecule has 1 saturated carbocycles. The molecule has 27 heavy (non-hydrogen) atoms. The van der Waals surface area contributed by atoms with E-state index in [1.165, 1.54) is 23.3 Å². The molecule has 0 aliphatic heterocycles. The summed E-state index contributed by atoms with van der Waals surface area (Å²) >= 11 is 0. The maximum atomic E-state index is 13.4. The molecule has 1 aliphatic rings. The van der Waals surface area contributed by atoms with Crippen molar-refractivity contribution < 1.29 is 13.9 Å². The summed E-state index contributed by atoms with van der Waals surface area (Å²) < 4.78 is 26.6. The van der Waals surface area contributed by atoms with Crippen LogP contribution in [0.2, 0.25) is 0 Å². The SMILES string of the molecule is Oc1ccc(C2CCC(c3ccc(-c4ccc(F)c(F)c4)cc3)CC2)cc1. The summed E-state index contributed by atoms with van der Waals surface area (Å²) in [5.74, 6) is -0.223. The molecule has 0 bridgehead atoms. The van der Waals surface area contributed by atoms with Gasteiger partial charge in [0, 0.05) is 0 Å². The van der Waals surface area contributed by atoms with E-state index >= 15 is 0 Å². The van der Waals surface area contributed by atoms with Crippen LogP contribution in [0.4, 0.5) is 8.78 Å². The molecule has 3 aromatic carbocycles. The van der Waals surface area contributed by atoms with Crippen LogP contribution >= 0.6 is 0 Å². The average Bonchev–Trinajstić information content (AvgIpc) is 2.71. The molecule has 1 fully saturated rings. The predicted molar refractivity (Wildman–Crippen MR) is 104 cm³/mol. The summed E-state index contributed by atoms with van der Waals surface area (Å²) in [4.78, 5) is 0. The number of rotatable bonds is 3. The molecule has 1 aliphatic carbocycles. The van der Waals surface area contributed by atoms with Gasteiger partial charge < -0.3 is 5.11 Å². The number of phenols is 1. The normalized spacial score (nSPS) is 19.8. The highest BCUT2D eigenvalue weighted by atomic mass is 19.2. The second kappa shape index (κ2) is 7.51. The molecule has 0 radical (unpaired) electrons. The molecule has 3 aromatic rings. The molecule has 4 rings (SSSR count). The Hall–Kier alpha value is -2.68. The van der Waals surface area contributed by atoms with E-state index in [1.807, 2.05) is 24.3 Å². The lowest BCUT2D eigenvalue weighted by atomic mass is 9.76. The molecule has 0 aromatic heterocycles. The molecule has 0 atom stereocenters. The first-order valence-electron chi connectivity index (χ1n) is 9.44. The van der Waals surface area contributed by atoms with Crippen LogP contribution in [0, 0.1) is 11.6 Å². The van der Waals surface area contributed by atoms with Gasteiger partial charge in [0.05, 0.1) is 0 Å². The van der Waals surface area contributed by atoms with Crippen LogP contribution in [0.15, 0.2) is 66.7 Å². The van der Waals surface area contributed by atoms with Gasteiger partial charge in [-0.2, -0.15) is 0 Å². The molecule has 1 N–H and O–H groups in total. The van der Waals surface area contributed by atoms with E-state index in [0.29, 0.717) is 23.1 Å². The minimum Gasteiger partial charge on any atom is -0.508 e. The molecule has 0 unspecified atom stereocenters. The van der Waals surface area contributed by atoms with Crippen molar-refractivity contribution in [3.05, 3.63) is 89.5 Å². The van der Waals surface area contributed by atoms with Crippen LogP contribution in [0.25, 0.3) is 11.1 Å². The Labute approximate surface area is 158 Å². The average molecular weight is 364 g/mol. The van der Waals surface area contributed by atoms with Crippen molar-refractivity contribution in [2.75, 3.05) is 0 Å². The van der Waals surface area contributed by atoms with Gasteiger partial charge in [-0.25, -0.2) is 8.78 Å². The summed E-state index contributed by atoms with van der Waals surface area (Å²) in [6.07, 6.45) is 4.55. The van der Waals surface area contributed by atoms with Crippen molar-refractivity contribution in [2.24, 2.45) is 0 Å². The maximum Gasteiger partial charge on any atom is 0.159 e. The van der Waals surface area contributed by atoms with Crippen molar-refractivity contribution in [3.63, 3.8) is 0 Å². The second-order valence-corrected chi connectivity index (χ2v) is 7.39. The van der Waals surface area contributed by atoms with Crippen LogP contribution < -0.4 is 0 Å². The number of phenolic OH excluding ortho intramolecular Hbond substituents is 1. The Kier molecular flexibility index (Phi) is 4.93. The molecule has 1 nitrogen and oxygen atoms in total. The van der Waals surface area contributed by atoms with Crippen molar-refractivity contribution >= 4 is 0 Å². The molecular weight excluding hydrogens is 342 g/mol. The van der Waals surface area contributed by atoms with Crippen LogP contribution in [-0.2, 0) is 0 Å². The van der Waals surface area contributed by atoms with E-state index in [9.17, 15) is 13.9 Å². The third-order valence-electron chi connectivity index (χ3n) is 5.73. The quantitative estimate of drug-likeness (QED) is 0.543. The van der Waals surface area contributed by atoms with Gasteiger partial charge in [-0.1, -0.05) is 42.5 Å². The number of aromatic hydroxyl groups is 1. The summed E-state index contributed by atoms with van der Waals surface area (Å²) in [6, 6.07) is 19.8. The Bertz CT molecular complexity index is 908. The van der Waals surface area contributed by atoms with E-state index in [0.717, 1.165) is 31.2 Å². The van der Waals surface area contributed by atoms with Crippen LogP contribution in [-0.4, -0.2) is 5.11 Å². The number of hydrogen-bond acceptors (Lipinski definition) is 1. The van der Waals surface area contributed by atoms with Gasteiger partial charge >= 0.3 is 0 Å². The minimum atomic E-state index is -0.819. The molecule has 3 heteroatoms. The zero-order chi connectivity index (χ0) is 18.8. The van der Waals surface area contributed by atoms with Gasteiger partial charge in [-0.05, 0) is 84.0 Å². The number of hydrogen-bond donors (Lipinski definition) is 1. The first kappa shape index (κ1) is 17.7. The summed E-state index contributed by atoms with van der Waals surface area (Å²) in [5.41, 5.74) is 4.21. The molecule has 138 valence electrons. The summed E-state index contributed by atoms with van der Waals surface area (Å²) in [6.45, 7) is 0. The van der Waals surface area contributed by atoms with Crippen LogP contribution in [0.5, 0.6) is 5.75 Å². The third kappa shape index (κ3) is 3.87. The van der Waals surface area contributed by atoms with Crippen molar-refractivity contribution in [1.29, 1.82) is 0 Å².